The standard InChI is InChI=1S/C16H31N3O2/c1-16(2,3)14(20)12-18-8-10-19(11-9-18)15(21)13-6-5-7-17(13)4/h13-14,20H,5-12H2,1-4H3/t13-,14-/m0/s1. The van der Waals surface area contributed by atoms with Gasteiger partial charge in [0.2, 0.25) is 5.91 Å². The Hall–Kier alpha value is -0.650. The molecule has 0 aromatic carbocycles. The van der Waals surface area contributed by atoms with Gasteiger partial charge in [0.25, 0.3) is 0 Å². The number of rotatable bonds is 3. The van der Waals surface area contributed by atoms with Crippen molar-refractivity contribution in [3.63, 3.8) is 0 Å². The summed E-state index contributed by atoms with van der Waals surface area (Å²) < 4.78 is 0. The Balaban J connectivity index is 1.79. The van der Waals surface area contributed by atoms with Crippen LogP contribution in [-0.2, 0) is 4.79 Å². The summed E-state index contributed by atoms with van der Waals surface area (Å²) in [5.74, 6) is 0.297. The van der Waals surface area contributed by atoms with Crippen molar-refractivity contribution in [3.05, 3.63) is 0 Å². The zero-order chi connectivity index (χ0) is 15.6. The van der Waals surface area contributed by atoms with Crippen molar-refractivity contribution in [2.45, 2.75) is 45.8 Å². The normalized spacial score (nSPS) is 27.1. The van der Waals surface area contributed by atoms with Gasteiger partial charge in [-0.2, -0.15) is 0 Å². The van der Waals surface area contributed by atoms with Gasteiger partial charge < -0.3 is 10.0 Å². The minimum atomic E-state index is -0.319. The van der Waals surface area contributed by atoms with Crippen LogP contribution in [0.4, 0.5) is 0 Å². The number of hydrogen-bond donors (Lipinski definition) is 1. The highest BCUT2D eigenvalue weighted by Gasteiger charge is 2.33. The Morgan fingerprint density at radius 1 is 1.19 bits per heavy atom. The van der Waals surface area contributed by atoms with Crippen molar-refractivity contribution in [2.75, 3.05) is 46.3 Å². The van der Waals surface area contributed by atoms with E-state index in [2.05, 4.69) is 30.6 Å². The van der Waals surface area contributed by atoms with E-state index in [9.17, 15) is 9.90 Å². The van der Waals surface area contributed by atoms with Crippen molar-refractivity contribution in [3.8, 4) is 0 Å². The number of nitrogens with zero attached hydrogens (tertiary/aromatic N) is 3. The number of amides is 1. The molecule has 2 saturated heterocycles. The van der Waals surface area contributed by atoms with E-state index >= 15 is 0 Å². The fraction of sp³-hybridized carbons (Fsp3) is 0.938. The van der Waals surface area contributed by atoms with Gasteiger partial charge in [0.15, 0.2) is 0 Å². The molecule has 2 heterocycles. The molecule has 0 aromatic heterocycles. The first kappa shape index (κ1) is 16.7. The van der Waals surface area contributed by atoms with Crippen LogP contribution in [0.15, 0.2) is 0 Å². The zero-order valence-electron chi connectivity index (χ0n) is 14.0. The number of carbonyl (C=O) groups is 1. The summed E-state index contributed by atoms with van der Waals surface area (Å²) in [6.07, 6.45) is 1.81. The first-order valence-electron chi connectivity index (χ1n) is 8.18. The van der Waals surface area contributed by atoms with Crippen LogP contribution in [0.2, 0.25) is 0 Å². The second-order valence-corrected chi connectivity index (χ2v) is 7.65. The maximum absolute atomic E-state index is 12.5. The van der Waals surface area contributed by atoms with Crippen LogP contribution in [-0.4, -0.2) is 84.2 Å². The smallest absolute Gasteiger partial charge is 0.240 e. The maximum atomic E-state index is 12.5. The van der Waals surface area contributed by atoms with Crippen molar-refractivity contribution < 1.29 is 9.90 Å². The SMILES string of the molecule is CN1CCC[C@H]1C(=O)N1CCN(C[C@H](O)C(C)(C)C)CC1. The number of hydrogen-bond acceptors (Lipinski definition) is 4. The molecule has 1 N–H and O–H groups in total. The average molecular weight is 297 g/mol. The number of β-amino-alcohol motifs (C(OH)–C–C–N with tert-alkyl or cyclic N) is 1. The maximum Gasteiger partial charge on any atom is 0.240 e. The predicted octanol–water partition coefficient (Wildman–Crippen LogP) is 0.632. The highest BCUT2D eigenvalue weighted by Crippen LogP contribution is 2.21. The lowest BCUT2D eigenvalue weighted by Gasteiger charge is -2.39. The van der Waals surface area contributed by atoms with Gasteiger partial charge >= 0.3 is 0 Å². The predicted molar refractivity (Wildman–Crippen MR) is 84.1 cm³/mol. The zero-order valence-corrected chi connectivity index (χ0v) is 14.0. The summed E-state index contributed by atoms with van der Waals surface area (Å²) in [5, 5.41) is 10.2. The molecule has 2 rings (SSSR count). The van der Waals surface area contributed by atoms with Gasteiger partial charge in [0.05, 0.1) is 12.1 Å². The molecule has 0 aromatic rings. The van der Waals surface area contributed by atoms with E-state index in [0.29, 0.717) is 12.5 Å². The molecule has 0 unspecified atom stereocenters. The fourth-order valence-corrected chi connectivity index (χ4v) is 3.10. The van der Waals surface area contributed by atoms with E-state index in [1.807, 2.05) is 11.9 Å². The van der Waals surface area contributed by atoms with E-state index in [4.69, 9.17) is 0 Å². The highest BCUT2D eigenvalue weighted by atomic mass is 16.3. The van der Waals surface area contributed by atoms with Crippen molar-refractivity contribution in [2.24, 2.45) is 5.41 Å². The molecule has 0 aliphatic carbocycles. The Labute approximate surface area is 128 Å². The highest BCUT2D eigenvalue weighted by molar-refractivity contribution is 5.82. The van der Waals surface area contributed by atoms with E-state index in [1.54, 1.807) is 0 Å². The van der Waals surface area contributed by atoms with Gasteiger partial charge in [-0.25, -0.2) is 0 Å². The minimum Gasteiger partial charge on any atom is -0.391 e. The number of likely N-dealkylation sites (N-methyl/N-ethyl adjacent to an activating group) is 1. The van der Waals surface area contributed by atoms with Gasteiger partial charge in [-0.15, -0.1) is 0 Å². The number of carbonyl (C=O) groups excluding carboxylic acids is 1. The van der Waals surface area contributed by atoms with Crippen LogP contribution < -0.4 is 0 Å². The van der Waals surface area contributed by atoms with E-state index < -0.39 is 0 Å². The Kier molecular flexibility index (Phi) is 5.28. The van der Waals surface area contributed by atoms with Gasteiger partial charge in [-0.1, -0.05) is 20.8 Å². The van der Waals surface area contributed by atoms with Gasteiger partial charge in [0, 0.05) is 32.7 Å². The Bertz CT molecular complexity index is 359. The molecule has 21 heavy (non-hydrogen) atoms. The molecular formula is C16H31N3O2. The second-order valence-electron chi connectivity index (χ2n) is 7.65. The summed E-state index contributed by atoms with van der Waals surface area (Å²) in [6.45, 7) is 11.3. The lowest BCUT2D eigenvalue weighted by Crippen LogP contribution is -2.54. The Morgan fingerprint density at radius 3 is 2.29 bits per heavy atom. The van der Waals surface area contributed by atoms with Crippen molar-refractivity contribution >= 4 is 5.91 Å². The molecule has 0 saturated carbocycles. The molecule has 0 spiro atoms. The third-order valence-corrected chi connectivity index (χ3v) is 4.92. The van der Waals surface area contributed by atoms with Crippen LogP contribution in [0.5, 0.6) is 0 Å². The number of likely N-dealkylation sites (tertiary alicyclic amines) is 1. The number of piperazine rings is 1. The average Bonchev–Trinajstić information content (AvgIpc) is 2.84. The third-order valence-electron chi connectivity index (χ3n) is 4.92. The molecule has 122 valence electrons. The Morgan fingerprint density at radius 2 is 1.81 bits per heavy atom. The second kappa shape index (κ2) is 6.63. The molecular weight excluding hydrogens is 266 g/mol. The van der Waals surface area contributed by atoms with Crippen molar-refractivity contribution in [1.29, 1.82) is 0 Å². The summed E-state index contributed by atoms with van der Waals surface area (Å²) in [4.78, 5) is 19.0. The van der Waals surface area contributed by atoms with E-state index in [1.165, 1.54) is 0 Å². The summed E-state index contributed by atoms with van der Waals surface area (Å²) >= 11 is 0. The lowest BCUT2D eigenvalue weighted by molar-refractivity contribution is -0.137. The molecule has 0 bridgehead atoms. The summed E-state index contributed by atoms with van der Waals surface area (Å²) in [5.41, 5.74) is -0.0838. The summed E-state index contributed by atoms with van der Waals surface area (Å²) in [7, 11) is 2.05. The first-order chi connectivity index (χ1) is 9.79. The number of aliphatic hydroxyl groups is 1. The van der Waals surface area contributed by atoms with Crippen LogP contribution in [0, 0.1) is 5.41 Å². The molecule has 2 aliphatic heterocycles. The topological polar surface area (TPSA) is 47.0 Å². The van der Waals surface area contributed by atoms with Gasteiger partial charge in [-0.3, -0.25) is 14.6 Å². The van der Waals surface area contributed by atoms with Crippen LogP contribution in [0.1, 0.15) is 33.6 Å². The third kappa shape index (κ3) is 4.18. The van der Waals surface area contributed by atoms with Gasteiger partial charge in [0.1, 0.15) is 0 Å². The fourth-order valence-electron chi connectivity index (χ4n) is 3.10. The molecule has 0 radical (unpaired) electrons. The summed E-state index contributed by atoms with van der Waals surface area (Å²) in [6, 6.07) is 0.0942. The molecule has 5 heteroatoms. The molecule has 2 aliphatic rings. The lowest BCUT2D eigenvalue weighted by atomic mass is 9.89. The van der Waals surface area contributed by atoms with Crippen LogP contribution in [0.25, 0.3) is 0 Å². The van der Waals surface area contributed by atoms with Crippen molar-refractivity contribution in [1.82, 2.24) is 14.7 Å². The minimum absolute atomic E-state index is 0.0838. The first-order valence-corrected chi connectivity index (χ1v) is 8.18. The molecule has 5 nitrogen and oxygen atoms in total. The number of aliphatic hydroxyl groups excluding tert-OH is 1. The van der Waals surface area contributed by atoms with E-state index in [-0.39, 0.29) is 17.6 Å². The van der Waals surface area contributed by atoms with Crippen LogP contribution in [0.3, 0.4) is 0 Å². The van der Waals surface area contributed by atoms with Crippen LogP contribution >= 0.6 is 0 Å². The molecule has 1 amide bonds. The quantitative estimate of drug-likeness (QED) is 0.830. The van der Waals surface area contributed by atoms with E-state index in [0.717, 1.165) is 45.6 Å². The monoisotopic (exact) mass is 297 g/mol. The van der Waals surface area contributed by atoms with Gasteiger partial charge in [-0.05, 0) is 31.8 Å². The largest absolute Gasteiger partial charge is 0.391 e. The molecule has 2 atom stereocenters. The molecule has 2 fully saturated rings.